The van der Waals surface area contributed by atoms with Crippen molar-refractivity contribution >= 4 is 17.2 Å². The van der Waals surface area contributed by atoms with Crippen molar-refractivity contribution in [3.05, 3.63) is 57.5 Å². The molecule has 106 valence electrons. The molecule has 20 heavy (non-hydrogen) atoms. The Kier molecular flexibility index (Phi) is 4.70. The van der Waals surface area contributed by atoms with Gasteiger partial charge in [0.2, 0.25) is 0 Å². The molecule has 4 N–H and O–H groups in total. The van der Waals surface area contributed by atoms with Gasteiger partial charge in [0.05, 0.1) is 0 Å². The molecule has 1 aromatic carbocycles. The van der Waals surface area contributed by atoms with Crippen molar-refractivity contribution in [1.82, 2.24) is 5.32 Å². The van der Waals surface area contributed by atoms with Gasteiger partial charge >= 0.3 is 0 Å². The number of hydrogen-bond donors (Lipinski definition) is 3. The van der Waals surface area contributed by atoms with Crippen LogP contribution >= 0.6 is 11.3 Å². The van der Waals surface area contributed by atoms with Crippen LogP contribution in [0, 0.1) is 5.82 Å². The summed E-state index contributed by atoms with van der Waals surface area (Å²) >= 11 is 1.67. The van der Waals surface area contributed by atoms with Gasteiger partial charge in [-0.1, -0.05) is 11.2 Å². The summed E-state index contributed by atoms with van der Waals surface area (Å²) in [7, 11) is 0. The van der Waals surface area contributed by atoms with Crippen LogP contribution in [0.3, 0.4) is 0 Å². The van der Waals surface area contributed by atoms with E-state index in [0.29, 0.717) is 12.1 Å². The monoisotopic (exact) mass is 293 g/mol. The second kappa shape index (κ2) is 6.49. The van der Waals surface area contributed by atoms with Crippen molar-refractivity contribution in [2.24, 2.45) is 10.9 Å². The fourth-order valence-corrected chi connectivity index (χ4v) is 2.63. The van der Waals surface area contributed by atoms with Crippen molar-refractivity contribution in [2.75, 3.05) is 0 Å². The number of thiophene rings is 1. The molecule has 1 heterocycles. The van der Waals surface area contributed by atoms with Crippen LogP contribution in [0.5, 0.6) is 0 Å². The molecule has 4 nitrogen and oxygen atoms in total. The lowest BCUT2D eigenvalue weighted by molar-refractivity contribution is 0.318. The molecule has 2 aromatic rings. The van der Waals surface area contributed by atoms with Crippen molar-refractivity contribution in [3.8, 4) is 0 Å². The van der Waals surface area contributed by atoms with Gasteiger partial charge in [-0.3, -0.25) is 0 Å². The van der Waals surface area contributed by atoms with E-state index in [-0.39, 0.29) is 11.9 Å². The average molecular weight is 293 g/mol. The molecule has 0 saturated carbocycles. The van der Waals surface area contributed by atoms with E-state index in [0.717, 1.165) is 5.56 Å². The zero-order valence-corrected chi connectivity index (χ0v) is 11.8. The minimum Gasteiger partial charge on any atom is -0.409 e. The summed E-state index contributed by atoms with van der Waals surface area (Å²) in [4.78, 5) is 1.22. The molecule has 6 heteroatoms. The Hall–Kier alpha value is -1.92. The lowest BCUT2D eigenvalue weighted by Gasteiger charge is -2.13. The average Bonchev–Trinajstić information content (AvgIpc) is 2.97. The number of nitrogens with zero attached hydrogens (tertiary/aromatic N) is 1. The highest BCUT2D eigenvalue weighted by molar-refractivity contribution is 7.10. The predicted octanol–water partition coefficient (Wildman–Crippen LogP) is 2.83. The minimum absolute atomic E-state index is 0.0999. The first-order chi connectivity index (χ1) is 9.60. The third-order valence-corrected chi connectivity index (χ3v) is 4.00. The minimum atomic E-state index is -0.408. The summed E-state index contributed by atoms with van der Waals surface area (Å²) in [5.41, 5.74) is 6.59. The first-order valence-corrected chi connectivity index (χ1v) is 7.02. The van der Waals surface area contributed by atoms with Gasteiger partial charge in [0.1, 0.15) is 5.82 Å². The van der Waals surface area contributed by atoms with E-state index in [4.69, 9.17) is 10.9 Å². The molecule has 1 aromatic heterocycles. The summed E-state index contributed by atoms with van der Waals surface area (Å²) < 4.78 is 13.5. The van der Waals surface area contributed by atoms with Crippen LogP contribution in [0.25, 0.3) is 0 Å². The van der Waals surface area contributed by atoms with Crippen LogP contribution in [-0.2, 0) is 6.54 Å². The molecule has 1 unspecified atom stereocenters. The topological polar surface area (TPSA) is 70.6 Å². The van der Waals surface area contributed by atoms with Gasteiger partial charge in [0, 0.05) is 23.0 Å². The standard InChI is InChI=1S/C14H16FN3OS/c1-9(13-3-2-4-20-13)17-8-10-5-11(14(16)18-19)7-12(15)6-10/h2-7,9,17,19H,8H2,1H3,(H2,16,18). The van der Waals surface area contributed by atoms with Crippen LogP contribution in [0.15, 0.2) is 40.9 Å². The van der Waals surface area contributed by atoms with E-state index in [2.05, 4.69) is 23.5 Å². The molecule has 1 atom stereocenters. The maximum atomic E-state index is 13.5. The van der Waals surface area contributed by atoms with Crippen LogP contribution in [0.1, 0.15) is 29.0 Å². The molecular formula is C14H16FN3OS. The Bertz CT molecular complexity index is 598. The zero-order chi connectivity index (χ0) is 14.5. The van der Waals surface area contributed by atoms with Crippen LogP contribution in [0.4, 0.5) is 4.39 Å². The molecular weight excluding hydrogens is 277 g/mol. The van der Waals surface area contributed by atoms with Gasteiger partial charge in [-0.2, -0.15) is 0 Å². The summed E-state index contributed by atoms with van der Waals surface area (Å²) in [6.45, 7) is 2.55. The fourth-order valence-electron chi connectivity index (χ4n) is 1.87. The zero-order valence-electron chi connectivity index (χ0n) is 11.0. The van der Waals surface area contributed by atoms with Gasteiger partial charge in [0.25, 0.3) is 0 Å². The first-order valence-electron chi connectivity index (χ1n) is 6.14. The quantitative estimate of drug-likeness (QED) is 0.343. The Morgan fingerprint density at radius 3 is 2.95 bits per heavy atom. The lowest BCUT2D eigenvalue weighted by Crippen LogP contribution is -2.18. The van der Waals surface area contributed by atoms with Crippen molar-refractivity contribution < 1.29 is 9.60 Å². The van der Waals surface area contributed by atoms with E-state index in [1.54, 1.807) is 17.4 Å². The highest BCUT2D eigenvalue weighted by Crippen LogP contribution is 2.19. The number of oxime groups is 1. The second-order valence-corrected chi connectivity index (χ2v) is 5.43. The normalized spacial score (nSPS) is 13.4. The molecule has 0 saturated heterocycles. The number of benzene rings is 1. The number of nitrogens with two attached hydrogens (primary N) is 1. The number of hydrogen-bond acceptors (Lipinski definition) is 4. The number of amidine groups is 1. The molecule has 0 fully saturated rings. The molecule has 0 aliphatic heterocycles. The smallest absolute Gasteiger partial charge is 0.170 e. The van der Waals surface area contributed by atoms with Crippen molar-refractivity contribution in [1.29, 1.82) is 0 Å². The van der Waals surface area contributed by atoms with Crippen molar-refractivity contribution in [3.63, 3.8) is 0 Å². The number of nitrogens with one attached hydrogen (secondary N) is 1. The molecule has 0 aliphatic carbocycles. The highest BCUT2D eigenvalue weighted by atomic mass is 32.1. The summed E-state index contributed by atoms with van der Waals surface area (Å²) in [5.74, 6) is -0.508. The van der Waals surface area contributed by atoms with E-state index in [9.17, 15) is 4.39 Å². The van der Waals surface area contributed by atoms with Gasteiger partial charge in [-0.05, 0) is 42.1 Å². The molecule has 0 spiro atoms. The lowest BCUT2D eigenvalue weighted by atomic mass is 10.1. The van der Waals surface area contributed by atoms with Crippen LogP contribution in [0.2, 0.25) is 0 Å². The Morgan fingerprint density at radius 1 is 1.50 bits per heavy atom. The Balaban J connectivity index is 2.08. The second-order valence-electron chi connectivity index (χ2n) is 4.45. The van der Waals surface area contributed by atoms with Crippen LogP contribution < -0.4 is 11.1 Å². The van der Waals surface area contributed by atoms with Gasteiger partial charge in [-0.15, -0.1) is 11.3 Å². The maximum Gasteiger partial charge on any atom is 0.170 e. The van der Waals surface area contributed by atoms with Crippen molar-refractivity contribution in [2.45, 2.75) is 19.5 Å². The maximum absolute atomic E-state index is 13.5. The summed E-state index contributed by atoms with van der Waals surface area (Å²) in [5, 5.41) is 16.9. The molecule has 0 radical (unpaired) electrons. The molecule has 0 amide bonds. The van der Waals surface area contributed by atoms with Crippen LogP contribution in [-0.4, -0.2) is 11.0 Å². The Labute approximate surface area is 120 Å². The van der Waals surface area contributed by atoms with Gasteiger partial charge < -0.3 is 16.3 Å². The Morgan fingerprint density at radius 2 is 2.30 bits per heavy atom. The predicted molar refractivity (Wildman–Crippen MR) is 78.5 cm³/mol. The van der Waals surface area contributed by atoms with E-state index in [1.165, 1.54) is 17.0 Å². The molecule has 0 aliphatic rings. The van der Waals surface area contributed by atoms with Gasteiger partial charge in [-0.25, -0.2) is 4.39 Å². The van der Waals surface area contributed by atoms with E-state index in [1.807, 2.05) is 11.4 Å². The summed E-state index contributed by atoms with van der Waals surface area (Å²) in [6.07, 6.45) is 0. The molecule has 0 bridgehead atoms. The van der Waals surface area contributed by atoms with E-state index < -0.39 is 5.82 Å². The molecule has 2 rings (SSSR count). The number of halogens is 1. The third-order valence-electron chi connectivity index (χ3n) is 2.94. The largest absolute Gasteiger partial charge is 0.409 e. The third kappa shape index (κ3) is 3.55. The SMILES string of the molecule is CC(NCc1cc(F)cc(/C(N)=N/O)c1)c1cccs1. The fraction of sp³-hybridized carbons (Fsp3) is 0.214. The first kappa shape index (κ1) is 14.5. The highest BCUT2D eigenvalue weighted by Gasteiger charge is 2.08. The van der Waals surface area contributed by atoms with E-state index >= 15 is 0 Å². The summed E-state index contributed by atoms with van der Waals surface area (Å²) in [6, 6.07) is 8.60. The van der Waals surface area contributed by atoms with Gasteiger partial charge in [0.15, 0.2) is 5.84 Å². The number of rotatable bonds is 5.